The van der Waals surface area contributed by atoms with E-state index in [4.69, 9.17) is 4.74 Å². The maximum Gasteiger partial charge on any atom is 0.191 e. The first-order valence-electron chi connectivity index (χ1n) is 7.89. The number of hydrogen-bond acceptors (Lipinski definition) is 4. The second kappa shape index (κ2) is 11.0. The molecular formula is C16H27IN4OS. The number of aliphatic imine (C=N–C) groups is 1. The monoisotopic (exact) mass is 450 g/mol. The highest BCUT2D eigenvalue weighted by molar-refractivity contribution is 14.0. The summed E-state index contributed by atoms with van der Waals surface area (Å²) in [5.41, 5.74) is 2.58. The first kappa shape index (κ1) is 20.4. The van der Waals surface area contributed by atoms with Crippen LogP contribution in [-0.4, -0.2) is 37.2 Å². The molecule has 0 unspecified atom stereocenters. The summed E-state index contributed by atoms with van der Waals surface area (Å²) in [7, 11) is 0. The molecule has 0 amide bonds. The maximum absolute atomic E-state index is 5.33. The number of ether oxygens (including phenoxy) is 1. The van der Waals surface area contributed by atoms with Crippen LogP contribution in [0.4, 0.5) is 0 Å². The van der Waals surface area contributed by atoms with Crippen LogP contribution in [0, 0.1) is 13.8 Å². The molecule has 0 atom stereocenters. The van der Waals surface area contributed by atoms with Crippen LogP contribution in [0.1, 0.15) is 35.3 Å². The normalized spacial score (nSPS) is 14.9. The van der Waals surface area contributed by atoms with Gasteiger partial charge in [-0.25, -0.2) is 9.98 Å². The molecule has 1 aromatic rings. The molecule has 1 aliphatic heterocycles. The molecule has 2 rings (SSSR count). The number of rotatable bonds is 6. The number of aromatic nitrogens is 1. The van der Waals surface area contributed by atoms with Crippen LogP contribution in [-0.2, 0) is 11.3 Å². The lowest BCUT2D eigenvalue weighted by molar-refractivity contribution is 0.153. The third-order valence-corrected chi connectivity index (χ3v) is 4.64. The minimum absolute atomic E-state index is 0. The van der Waals surface area contributed by atoms with Crippen molar-refractivity contribution in [3.63, 3.8) is 0 Å². The lowest BCUT2D eigenvalue weighted by Crippen LogP contribution is -2.38. The van der Waals surface area contributed by atoms with Gasteiger partial charge in [0, 0.05) is 18.0 Å². The molecule has 0 bridgehead atoms. The fourth-order valence-corrected chi connectivity index (χ4v) is 3.09. The number of nitrogens with one attached hydrogen (secondary N) is 2. The largest absolute Gasteiger partial charge is 0.377 e. The van der Waals surface area contributed by atoms with E-state index < -0.39 is 0 Å². The minimum atomic E-state index is 0. The third-order valence-electron chi connectivity index (χ3n) is 3.59. The van der Waals surface area contributed by atoms with E-state index in [-0.39, 0.29) is 24.0 Å². The van der Waals surface area contributed by atoms with E-state index in [1.165, 1.54) is 10.5 Å². The molecule has 2 heterocycles. The number of halogens is 1. The Morgan fingerprint density at radius 2 is 2.22 bits per heavy atom. The van der Waals surface area contributed by atoms with Crippen molar-refractivity contribution < 1.29 is 4.74 Å². The van der Waals surface area contributed by atoms with Crippen molar-refractivity contribution in [1.82, 2.24) is 15.6 Å². The van der Waals surface area contributed by atoms with Gasteiger partial charge in [0.05, 0.1) is 25.5 Å². The first-order valence-corrected chi connectivity index (χ1v) is 8.71. The zero-order valence-electron chi connectivity index (χ0n) is 14.1. The van der Waals surface area contributed by atoms with Gasteiger partial charge in [0.15, 0.2) is 5.96 Å². The number of nitrogens with zero attached hydrogens (tertiary/aromatic N) is 2. The molecule has 1 aromatic heterocycles. The van der Waals surface area contributed by atoms with Crippen LogP contribution >= 0.6 is 35.3 Å². The Morgan fingerprint density at radius 1 is 1.39 bits per heavy atom. The van der Waals surface area contributed by atoms with Gasteiger partial charge in [-0.2, -0.15) is 0 Å². The second-order valence-electron chi connectivity index (χ2n) is 5.31. The van der Waals surface area contributed by atoms with E-state index in [1.54, 1.807) is 11.3 Å². The molecule has 0 radical (unpaired) electrons. The summed E-state index contributed by atoms with van der Waals surface area (Å²) < 4.78 is 5.33. The zero-order valence-corrected chi connectivity index (χ0v) is 17.3. The highest BCUT2D eigenvalue weighted by Gasteiger charge is 2.05. The van der Waals surface area contributed by atoms with Crippen molar-refractivity contribution in [1.29, 1.82) is 0 Å². The van der Waals surface area contributed by atoms with Crippen molar-refractivity contribution in [3.8, 4) is 0 Å². The first-order chi connectivity index (χ1) is 10.7. The van der Waals surface area contributed by atoms with Crippen molar-refractivity contribution in [2.24, 2.45) is 4.99 Å². The van der Waals surface area contributed by atoms with Crippen LogP contribution in [0.25, 0.3) is 0 Å². The summed E-state index contributed by atoms with van der Waals surface area (Å²) in [6, 6.07) is 0. The molecule has 130 valence electrons. The van der Waals surface area contributed by atoms with E-state index in [2.05, 4.69) is 40.5 Å². The van der Waals surface area contributed by atoms with Gasteiger partial charge in [-0.3, -0.25) is 0 Å². The minimum Gasteiger partial charge on any atom is -0.377 e. The van der Waals surface area contributed by atoms with Crippen LogP contribution in [0.5, 0.6) is 0 Å². The van der Waals surface area contributed by atoms with Crippen LogP contribution < -0.4 is 10.6 Å². The second-order valence-corrected chi connectivity index (χ2v) is 6.60. The van der Waals surface area contributed by atoms with Crippen molar-refractivity contribution in [2.45, 2.75) is 40.2 Å². The molecule has 0 spiro atoms. The van der Waals surface area contributed by atoms with E-state index >= 15 is 0 Å². The van der Waals surface area contributed by atoms with Gasteiger partial charge >= 0.3 is 0 Å². The molecule has 7 heteroatoms. The lowest BCUT2D eigenvalue weighted by atomic mass is 10.1. The van der Waals surface area contributed by atoms with Crippen LogP contribution in [0.15, 0.2) is 16.6 Å². The molecule has 0 saturated carbocycles. The molecule has 2 N–H and O–H groups in total. The van der Waals surface area contributed by atoms with Gasteiger partial charge < -0.3 is 15.4 Å². The van der Waals surface area contributed by atoms with Crippen LogP contribution in [0.2, 0.25) is 0 Å². The number of thiazole rings is 1. The molecule has 0 saturated heterocycles. The van der Waals surface area contributed by atoms with Gasteiger partial charge in [-0.05, 0) is 33.6 Å². The quantitative estimate of drug-likeness (QED) is 0.303. The lowest BCUT2D eigenvalue weighted by Gasteiger charge is -2.15. The summed E-state index contributed by atoms with van der Waals surface area (Å²) in [5, 5.41) is 7.75. The molecule has 1 aliphatic rings. The van der Waals surface area contributed by atoms with E-state index in [1.807, 2.05) is 6.92 Å². The highest BCUT2D eigenvalue weighted by Crippen LogP contribution is 2.17. The van der Waals surface area contributed by atoms with E-state index in [0.29, 0.717) is 6.54 Å². The van der Waals surface area contributed by atoms with Gasteiger partial charge in [0.2, 0.25) is 0 Å². The Kier molecular flexibility index (Phi) is 9.73. The molecule has 0 fully saturated rings. The molecule has 0 aliphatic carbocycles. The Balaban J connectivity index is 0.00000264. The fourth-order valence-electron chi connectivity index (χ4n) is 2.23. The van der Waals surface area contributed by atoms with Gasteiger partial charge in [-0.15, -0.1) is 35.3 Å². The molecule has 0 aromatic carbocycles. The summed E-state index contributed by atoms with van der Waals surface area (Å²) in [4.78, 5) is 10.4. The van der Waals surface area contributed by atoms with E-state index in [0.717, 1.165) is 55.8 Å². The highest BCUT2D eigenvalue weighted by atomic mass is 127. The number of aryl methyl sites for hydroxylation is 2. The summed E-state index contributed by atoms with van der Waals surface area (Å²) in [5.74, 6) is 0.862. The zero-order chi connectivity index (χ0) is 15.8. The van der Waals surface area contributed by atoms with Crippen molar-refractivity contribution in [2.75, 3.05) is 26.3 Å². The number of guanidine groups is 1. The van der Waals surface area contributed by atoms with Crippen LogP contribution in [0.3, 0.4) is 0 Å². The topological polar surface area (TPSA) is 58.5 Å². The van der Waals surface area contributed by atoms with Crippen molar-refractivity contribution >= 4 is 41.3 Å². The summed E-state index contributed by atoms with van der Waals surface area (Å²) in [6.45, 7) is 10.2. The number of hydrogen-bond donors (Lipinski definition) is 2. The molecular weight excluding hydrogens is 423 g/mol. The maximum atomic E-state index is 5.33. The Hall–Kier alpha value is -0.670. The van der Waals surface area contributed by atoms with Gasteiger partial charge in [-0.1, -0.05) is 11.6 Å². The predicted octanol–water partition coefficient (Wildman–Crippen LogP) is 3.17. The Morgan fingerprint density at radius 3 is 2.83 bits per heavy atom. The van der Waals surface area contributed by atoms with Gasteiger partial charge in [0.25, 0.3) is 0 Å². The average Bonchev–Trinajstić information content (AvgIpc) is 2.84. The summed E-state index contributed by atoms with van der Waals surface area (Å²) >= 11 is 1.72. The Bertz CT molecular complexity index is 523. The van der Waals surface area contributed by atoms with E-state index in [9.17, 15) is 0 Å². The predicted molar refractivity (Wildman–Crippen MR) is 108 cm³/mol. The molecule has 5 nitrogen and oxygen atoms in total. The fraction of sp³-hybridized carbons (Fsp3) is 0.625. The molecule has 23 heavy (non-hydrogen) atoms. The average molecular weight is 450 g/mol. The van der Waals surface area contributed by atoms with Crippen molar-refractivity contribution in [3.05, 3.63) is 27.2 Å². The summed E-state index contributed by atoms with van der Waals surface area (Å²) in [6.07, 6.45) is 4.28. The SMILES string of the molecule is CCNC(=NCc1nc(C)c(C)s1)NCCC1=CCOCC1.I. The smallest absolute Gasteiger partial charge is 0.191 e. The van der Waals surface area contributed by atoms with Gasteiger partial charge in [0.1, 0.15) is 5.01 Å². The standard InChI is InChI=1S/C16H26N4OS.HI/c1-4-17-16(18-8-5-14-6-9-21-10-7-14)19-11-15-20-12(2)13(3)22-15;/h6H,4-5,7-11H2,1-3H3,(H2,17,18,19);1H. The Labute approximate surface area is 160 Å². The third kappa shape index (κ3) is 7.17.